The van der Waals surface area contributed by atoms with E-state index >= 15 is 0 Å². The Morgan fingerprint density at radius 3 is 1.50 bits per heavy atom. The molecule has 42 heavy (non-hydrogen) atoms. The SMILES string of the molecule is O=C(CCCCCN1C(=O)C(=C2SC(=S)N(CCCCCC(=O)Nc3cccnc3)C2=O)SC1=S)Nc1cccnc1. The predicted octanol–water partition coefficient (Wildman–Crippen LogP) is 5.11. The summed E-state index contributed by atoms with van der Waals surface area (Å²) in [5.41, 5.74) is 1.32. The summed E-state index contributed by atoms with van der Waals surface area (Å²) in [6.45, 7) is 0.847. The number of anilines is 2. The van der Waals surface area contributed by atoms with Crippen LogP contribution in [0.5, 0.6) is 0 Å². The lowest BCUT2D eigenvalue weighted by molar-refractivity contribution is -0.124. The van der Waals surface area contributed by atoms with Gasteiger partial charge in [0.05, 0.1) is 33.6 Å². The van der Waals surface area contributed by atoms with Gasteiger partial charge in [-0.1, -0.05) is 60.8 Å². The van der Waals surface area contributed by atoms with E-state index in [-0.39, 0.29) is 23.6 Å². The molecule has 4 heterocycles. The molecule has 4 amide bonds. The average molecular weight is 643 g/mol. The zero-order valence-electron chi connectivity index (χ0n) is 22.7. The second-order valence-corrected chi connectivity index (χ2v) is 12.8. The fraction of sp³-hybridized carbons (Fsp3) is 0.357. The molecule has 220 valence electrons. The van der Waals surface area contributed by atoms with Gasteiger partial charge < -0.3 is 10.6 Å². The molecule has 2 aromatic heterocycles. The molecule has 0 spiro atoms. The molecule has 0 aliphatic carbocycles. The van der Waals surface area contributed by atoms with Crippen LogP contribution in [0, 0.1) is 0 Å². The average Bonchev–Trinajstić information content (AvgIpc) is 3.42. The zero-order chi connectivity index (χ0) is 29.9. The van der Waals surface area contributed by atoms with E-state index in [2.05, 4.69) is 20.6 Å². The second-order valence-electron chi connectivity index (χ2n) is 9.51. The van der Waals surface area contributed by atoms with Crippen molar-refractivity contribution in [3.8, 4) is 0 Å². The molecule has 0 saturated carbocycles. The number of hydrogen-bond acceptors (Lipinski definition) is 10. The van der Waals surface area contributed by atoms with Crippen molar-refractivity contribution in [2.24, 2.45) is 0 Å². The lowest BCUT2D eigenvalue weighted by Crippen LogP contribution is -2.31. The number of unbranched alkanes of at least 4 members (excludes halogenated alkanes) is 4. The number of nitrogens with one attached hydrogen (secondary N) is 2. The number of thioether (sulfide) groups is 2. The monoisotopic (exact) mass is 642 g/mol. The normalized spacial score (nSPS) is 16.9. The number of rotatable bonds is 14. The minimum atomic E-state index is -0.278. The van der Waals surface area contributed by atoms with Crippen LogP contribution >= 0.6 is 48.0 Å². The molecule has 2 aliphatic heterocycles. The molecule has 2 aliphatic rings. The number of aromatic nitrogens is 2. The van der Waals surface area contributed by atoms with Crippen molar-refractivity contribution < 1.29 is 19.2 Å². The molecule has 2 fully saturated rings. The molecule has 14 heteroatoms. The van der Waals surface area contributed by atoms with Gasteiger partial charge in [0.15, 0.2) is 0 Å². The topological polar surface area (TPSA) is 125 Å². The van der Waals surface area contributed by atoms with Gasteiger partial charge in [-0.2, -0.15) is 0 Å². The smallest absolute Gasteiger partial charge is 0.267 e. The van der Waals surface area contributed by atoms with Crippen LogP contribution in [0.1, 0.15) is 51.4 Å². The molecule has 2 saturated heterocycles. The van der Waals surface area contributed by atoms with E-state index in [4.69, 9.17) is 24.4 Å². The third-order valence-electron chi connectivity index (χ3n) is 6.37. The third kappa shape index (κ3) is 8.90. The van der Waals surface area contributed by atoms with Crippen LogP contribution < -0.4 is 10.6 Å². The summed E-state index contributed by atoms with van der Waals surface area (Å²) in [5.74, 6) is -0.720. The van der Waals surface area contributed by atoms with Crippen LogP contribution in [-0.4, -0.2) is 65.1 Å². The summed E-state index contributed by atoms with van der Waals surface area (Å²) in [6.07, 6.45) is 11.4. The Bertz CT molecular complexity index is 1270. The van der Waals surface area contributed by atoms with E-state index in [9.17, 15) is 19.2 Å². The first-order valence-corrected chi connectivity index (χ1v) is 16.0. The molecule has 0 unspecified atom stereocenters. The number of carbonyl (C=O) groups is 4. The number of pyridine rings is 2. The first-order valence-electron chi connectivity index (χ1n) is 13.5. The minimum Gasteiger partial charge on any atom is -0.325 e. The summed E-state index contributed by atoms with van der Waals surface area (Å²) >= 11 is 13.2. The largest absolute Gasteiger partial charge is 0.325 e. The summed E-state index contributed by atoms with van der Waals surface area (Å²) in [4.78, 5) is 62.1. The van der Waals surface area contributed by atoms with Gasteiger partial charge in [0, 0.05) is 38.3 Å². The zero-order valence-corrected chi connectivity index (χ0v) is 26.0. The van der Waals surface area contributed by atoms with Crippen LogP contribution in [0.25, 0.3) is 0 Å². The maximum atomic E-state index is 13.2. The Morgan fingerprint density at radius 2 is 1.12 bits per heavy atom. The first-order chi connectivity index (χ1) is 20.3. The van der Waals surface area contributed by atoms with Crippen molar-refractivity contribution >= 4 is 91.6 Å². The van der Waals surface area contributed by atoms with E-state index < -0.39 is 0 Å². The lowest BCUT2D eigenvalue weighted by Gasteiger charge is -2.14. The van der Waals surface area contributed by atoms with Crippen molar-refractivity contribution in [2.45, 2.75) is 51.4 Å². The second kappa shape index (κ2) is 15.9. The molecular weight excluding hydrogens is 613 g/mol. The Hall–Kier alpha value is -3.20. The van der Waals surface area contributed by atoms with E-state index in [1.54, 1.807) is 49.1 Å². The van der Waals surface area contributed by atoms with Crippen LogP contribution in [0.3, 0.4) is 0 Å². The fourth-order valence-corrected chi connectivity index (χ4v) is 7.01. The standard InChI is InChI=1S/C28H30N6O4S4/c35-21(31-19-9-7-13-29-17-19)11-3-1-5-15-33-25(37)23(41-27(33)39)24-26(38)34(28(40)42-24)16-6-2-4-12-22(36)32-20-10-8-14-30-18-20/h7-10,13-14,17-18H,1-6,11-12,15-16H2,(H,31,35)(H,32,36). The number of carbonyl (C=O) groups excluding carboxylic acids is 4. The minimum absolute atomic E-state index is 0.0815. The van der Waals surface area contributed by atoms with Gasteiger partial charge >= 0.3 is 0 Å². The Kier molecular flexibility index (Phi) is 12.0. The Labute approximate surface area is 263 Å². The quantitative estimate of drug-likeness (QED) is 0.163. The van der Waals surface area contributed by atoms with Gasteiger partial charge in [0.25, 0.3) is 11.8 Å². The molecular formula is C28H30N6O4S4. The molecule has 2 N–H and O–H groups in total. The summed E-state index contributed by atoms with van der Waals surface area (Å²) < 4.78 is 0.832. The summed E-state index contributed by atoms with van der Waals surface area (Å²) in [7, 11) is 0. The first kappa shape index (κ1) is 31.7. The van der Waals surface area contributed by atoms with Gasteiger partial charge in [-0.3, -0.25) is 38.9 Å². The van der Waals surface area contributed by atoms with Crippen molar-refractivity contribution in [1.82, 2.24) is 19.8 Å². The molecule has 4 rings (SSSR count). The van der Waals surface area contributed by atoms with Gasteiger partial charge in [-0.05, 0) is 49.9 Å². The van der Waals surface area contributed by atoms with Gasteiger partial charge in [-0.25, -0.2) is 0 Å². The molecule has 0 radical (unpaired) electrons. The van der Waals surface area contributed by atoms with Crippen LogP contribution in [-0.2, 0) is 19.2 Å². The van der Waals surface area contributed by atoms with E-state index in [1.165, 1.54) is 9.80 Å². The van der Waals surface area contributed by atoms with E-state index in [0.29, 0.717) is 81.4 Å². The van der Waals surface area contributed by atoms with Gasteiger partial charge in [-0.15, -0.1) is 0 Å². The van der Waals surface area contributed by atoms with Gasteiger partial charge in [0.2, 0.25) is 11.8 Å². The molecule has 0 atom stereocenters. The molecule has 0 aromatic carbocycles. The van der Waals surface area contributed by atoms with E-state index in [1.807, 2.05) is 0 Å². The number of hydrogen-bond donors (Lipinski definition) is 2. The molecule has 2 aromatic rings. The highest BCUT2D eigenvalue weighted by Gasteiger charge is 2.41. The van der Waals surface area contributed by atoms with Crippen LogP contribution in [0.2, 0.25) is 0 Å². The lowest BCUT2D eigenvalue weighted by atomic mass is 10.1. The third-order valence-corrected chi connectivity index (χ3v) is 9.39. The maximum Gasteiger partial charge on any atom is 0.267 e. The van der Waals surface area contributed by atoms with Crippen LogP contribution in [0.4, 0.5) is 11.4 Å². The van der Waals surface area contributed by atoms with Gasteiger partial charge in [0.1, 0.15) is 8.64 Å². The Morgan fingerprint density at radius 1 is 0.690 bits per heavy atom. The fourth-order valence-electron chi connectivity index (χ4n) is 4.24. The van der Waals surface area contributed by atoms with E-state index in [0.717, 1.165) is 36.4 Å². The Balaban J connectivity index is 1.17. The predicted molar refractivity (Wildman–Crippen MR) is 173 cm³/mol. The van der Waals surface area contributed by atoms with Crippen molar-refractivity contribution in [3.63, 3.8) is 0 Å². The summed E-state index contributed by atoms with van der Waals surface area (Å²) in [6, 6.07) is 7.07. The highest BCUT2D eigenvalue weighted by Crippen LogP contribution is 2.42. The molecule has 0 bridgehead atoms. The van der Waals surface area contributed by atoms with Crippen molar-refractivity contribution in [2.75, 3.05) is 23.7 Å². The summed E-state index contributed by atoms with van der Waals surface area (Å²) in [5, 5.41) is 5.61. The molecule has 10 nitrogen and oxygen atoms in total. The van der Waals surface area contributed by atoms with Crippen molar-refractivity contribution in [3.05, 3.63) is 58.9 Å². The number of thiocarbonyl (C=S) groups is 2. The van der Waals surface area contributed by atoms with Crippen LogP contribution in [0.15, 0.2) is 58.9 Å². The highest BCUT2D eigenvalue weighted by atomic mass is 32.2. The number of nitrogens with zero attached hydrogens (tertiary/aromatic N) is 4. The van der Waals surface area contributed by atoms with Crippen molar-refractivity contribution in [1.29, 1.82) is 0 Å². The number of amides is 4. The maximum absolute atomic E-state index is 13.2. The highest BCUT2D eigenvalue weighted by molar-refractivity contribution is 8.29.